The number of amides is 2. The fraction of sp³-hybridized carbons (Fsp3) is 0.462. The monoisotopic (exact) mass is 453 g/mol. The topological polar surface area (TPSA) is 71.1 Å². The van der Waals surface area contributed by atoms with E-state index in [1.54, 1.807) is 0 Å². The van der Waals surface area contributed by atoms with Crippen LogP contribution >= 0.6 is 0 Å². The minimum absolute atomic E-state index is 0.0707. The number of esters is 1. The van der Waals surface area contributed by atoms with Crippen LogP contribution in [0.1, 0.15) is 31.4 Å². The molecule has 1 aliphatic heterocycles. The minimum atomic E-state index is -0.257. The first-order valence-corrected chi connectivity index (χ1v) is 11.6. The Morgan fingerprint density at radius 2 is 1.76 bits per heavy atom. The number of carbonyl (C=O) groups is 2. The van der Waals surface area contributed by atoms with Crippen LogP contribution in [0, 0.1) is 5.92 Å². The van der Waals surface area contributed by atoms with E-state index in [1.165, 1.54) is 7.11 Å². The highest BCUT2D eigenvalue weighted by atomic mass is 16.5. The molecule has 2 aromatic carbocycles. The number of methoxy groups -OCH3 is 1. The van der Waals surface area contributed by atoms with E-state index < -0.39 is 0 Å². The second-order valence-electron chi connectivity index (χ2n) is 8.79. The van der Waals surface area contributed by atoms with Gasteiger partial charge in [0.25, 0.3) is 0 Å². The Morgan fingerprint density at radius 1 is 1.03 bits per heavy atom. The maximum Gasteiger partial charge on any atom is 0.321 e. The predicted octanol–water partition coefficient (Wildman–Crippen LogP) is 4.18. The van der Waals surface area contributed by atoms with Gasteiger partial charge in [-0.15, -0.1) is 0 Å². The maximum atomic E-state index is 12.6. The van der Waals surface area contributed by atoms with Crippen molar-refractivity contribution in [1.82, 2.24) is 9.80 Å². The van der Waals surface area contributed by atoms with Crippen LogP contribution in [0.4, 0.5) is 10.5 Å². The zero-order chi connectivity index (χ0) is 23.6. The number of benzene rings is 2. The molecule has 0 saturated carbocycles. The SMILES string of the molecule is COC(=O)Cc1ccc(OCCC(C)C)c(CN2CCN(C(=O)Nc3ccccc3)CC2)c1. The van der Waals surface area contributed by atoms with Crippen molar-refractivity contribution in [2.45, 2.75) is 33.2 Å². The van der Waals surface area contributed by atoms with Crippen LogP contribution in [-0.4, -0.2) is 61.7 Å². The lowest BCUT2D eigenvalue weighted by molar-refractivity contribution is -0.139. The number of nitrogens with zero attached hydrogens (tertiary/aromatic N) is 2. The van der Waals surface area contributed by atoms with E-state index >= 15 is 0 Å². The Labute approximate surface area is 196 Å². The molecule has 0 bridgehead atoms. The minimum Gasteiger partial charge on any atom is -0.493 e. The number of rotatable bonds is 9. The van der Waals surface area contributed by atoms with Crippen LogP contribution in [-0.2, 0) is 22.5 Å². The summed E-state index contributed by atoms with van der Waals surface area (Å²) in [7, 11) is 1.40. The lowest BCUT2D eigenvalue weighted by Gasteiger charge is -2.35. The van der Waals surface area contributed by atoms with Crippen molar-refractivity contribution in [2.24, 2.45) is 5.92 Å². The largest absolute Gasteiger partial charge is 0.493 e. The Hall–Kier alpha value is -3.06. The number of anilines is 1. The highest BCUT2D eigenvalue weighted by molar-refractivity contribution is 5.89. The average Bonchev–Trinajstić information content (AvgIpc) is 2.81. The summed E-state index contributed by atoms with van der Waals surface area (Å²) < 4.78 is 10.9. The molecule has 7 heteroatoms. The molecule has 1 N–H and O–H groups in total. The van der Waals surface area contributed by atoms with Gasteiger partial charge in [0.2, 0.25) is 0 Å². The normalized spacial score (nSPS) is 14.2. The molecule has 0 aliphatic carbocycles. The number of ether oxygens (including phenoxy) is 2. The summed E-state index contributed by atoms with van der Waals surface area (Å²) in [6, 6.07) is 15.4. The second-order valence-corrected chi connectivity index (χ2v) is 8.79. The number of piperazine rings is 1. The van der Waals surface area contributed by atoms with Crippen molar-refractivity contribution in [3.05, 3.63) is 59.7 Å². The maximum absolute atomic E-state index is 12.6. The number of hydrogen-bond acceptors (Lipinski definition) is 5. The number of nitrogens with one attached hydrogen (secondary N) is 1. The quantitative estimate of drug-likeness (QED) is 0.577. The third-order valence-electron chi connectivity index (χ3n) is 5.73. The van der Waals surface area contributed by atoms with Gasteiger partial charge in [0, 0.05) is 44.0 Å². The van der Waals surface area contributed by atoms with Crippen LogP contribution in [0.2, 0.25) is 0 Å². The molecule has 33 heavy (non-hydrogen) atoms. The predicted molar refractivity (Wildman–Crippen MR) is 129 cm³/mol. The van der Waals surface area contributed by atoms with Crippen LogP contribution < -0.4 is 10.1 Å². The molecule has 178 valence electrons. The molecular weight excluding hydrogens is 418 g/mol. The Balaban J connectivity index is 1.60. The molecule has 3 rings (SSSR count). The van der Waals surface area contributed by atoms with Crippen molar-refractivity contribution in [2.75, 3.05) is 45.2 Å². The molecule has 2 amide bonds. The third-order valence-corrected chi connectivity index (χ3v) is 5.73. The molecule has 0 radical (unpaired) electrons. The van der Waals surface area contributed by atoms with Gasteiger partial charge >= 0.3 is 12.0 Å². The van der Waals surface area contributed by atoms with Gasteiger partial charge in [-0.05, 0) is 36.1 Å². The molecular formula is C26H35N3O4. The number of urea groups is 1. The van der Waals surface area contributed by atoms with Gasteiger partial charge in [-0.25, -0.2) is 4.79 Å². The van der Waals surface area contributed by atoms with Gasteiger partial charge in [0.15, 0.2) is 0 Å². The average molecular weight is 454 g/mol. The molecule has 0 atom stereocenters. The first kappa shape index (κ1) is 24.6. The lowest BCUT2D eigenvalue weighted by atomic mass is 10.1. The third kappa shape index (κ3) is 7.79. The van der Waals surface area contributed by atoms with E-state index in [2.05, 4.69) is 24.1 Å². The molecule has 0 unspecified atom stereocenters. The summed E-state index contributed by atoms with van der Waals surface area (Å²) >= 11 is 0. The molecule has 2 aromatic rings. The molecule has 1 fully saturated rings. The zero-order valence-electron chi connectivity index (χ0n) is 19.9. The molecule has 1 saturated heterocycles. The Kier molecular flexibility index (Phi) is 9.13. The van der Waals surface area contributed by atoms with E-state index in [-0.39, 0.29) is 18.4 Å². The molecule has 1 aliphatic rings. The van der Waals surface area contributed by atoms with Crippen molar-refractivity contribution < 1.29 is 19.1 Å². The smallest absolute Gasteiger partial charge is 0.321 e. The summed E-state index contributed by atoms with van der Waals surface area (Å²) in [6.07, 6.45) is 1.22. The fourth-order valence-electron chi connectivity index (χ4n) is 3.72. The van der Waals surface area contributed by atoms with Crippen molar-refractivity contribution in [3.63, 3.8) is 0 Å². The van der Waals surface area contributed by atoms with Crippen LogP contribution in [0.15, 0.2) is 48.5 Å². The van der Waals surface area contributed by atoms with Gasteiger partial charge in [0.05, 0.1) is 20.1 Å². The highest BCUT2D eigenvalue weighted by Gasteiger charge is 2.22. The molecule has 1 heterocycles. The molecule has 0 aromatic heterocycles. The second kappa shape index (κ2) is 12.3. The Morgan fingerprint density at radius 3 is 2.42 bits per heavy atom. The number of para-hydroxylation sites is 1. The zero-order valence-corrected chi connectivity index (χ0v) is 19.9. The highest BCUT2D eigenvalue weighted by Crippen LogP contribution is 2.24. The van der Waals surface area contributed by atoms with E-state index in [9.17, 15) is 9.59 Å². The van der Waals surface area contributed by atoms with Crippen molar-refractivity contribution >= 4 is 17.7 Å². The van der Waals surface area contributed by atoms with Crippen molar-refractivity contribution in [1.29, 1.82) is 0 Å². The summed E-state index contributed by atoms with van der Waals surface area (Å²) in [5.41, 5.74) is 2.77. The van der Waals surface area contributed by atoms with Gasteiger partial charge in [-0.2, -0.15) is 0 Å². The summed E-state index contributed by atoms with van der Waals surface area (Å²) in [6.45, 7) is 8.58. The van der Waals surface area contributed by atoms with E-state index in [4.69, 9.17) is 9.47 Å². The van der Waals surface area contributed by atoms with E-state index in [1.807, 2.05) is 53.4 Å². The van der Waals surface area contributed by atoms with E-state index in [0.717, 1.165) is 42.1 Å². The number of hydrogen-bond donors (Lipinski definition) is 1. The van der Waals surface area contributed by atoms with Gasteiger partial charge < -0.3 is 19.7 Å². The first-order chi connectivity index (χ1) is 15.9. The fourth-order valence-corrected chi connectivity index (χ4v) is 3.72. The summed E-state index contributed by atoms with van der Waals surface area (Å²) in [4.78, 5) is 28.5. The van der Waals surface area contributed by atoms with Crippen LogP contribution in [0.25, 0.3) is 0 Å². The summed E-state index contributed by atoms with van der Waals surface area (Å²) in [5, 5.41) is 2.95. The summed E-state index contributed by atoms with van der Waals surface area (Å²) in [5.74, 6) is 1.17. The molecule has 0 spiro atoms. The standard InChI is InChI=1S/C26H35N3O4/c1-20(2)11-16-33-24-10-9-21(18-25(30)32-3)17-22(24)19-28-12-14-29(15-13-28)26(31)27-23-7-5-4-6-8-23/h4-10,17,20H,11-16,18-19H2,1-3H3,(H,27,31). The van der Waals surface area contributed by atoms with Crippen molar-refractivity contribution in [3.8, 4) is 5.75 Å². The first-order valence-electron chi connectivity index (χ1n) is 11.6. The van der Waals surface area contributed by atoms with E-state index in [0.29, 0.717) is 32.2 Å². The van der Waals surface area contributed by atoms with Gasteiger partial charge in [-0.1, -0.05) is 44.2 Å². The lowest BCUT2D eigenvalue weighted by Crippen LogP contribution is -2.49. The molecule has 7 nitrogen and oxygen atoms in total. The van der Waals surface area contributed by atoms with Crippen LogP contribution in [0.5, 0.6) is 5.75 Å². The van der Waals surface area contributed by atoms with Gasteiger partial charge in [-0.3, -0.25) is 9.69 Å². The van der Waals surface area contributed by atoms with Gasteiger partial charge in [0.1, 0.15) is 5.75 Å². The number of carbonyl (C=O) groups excluding carboxylic acids is 2. The van der Waals surface area contributed by atoms with Crippen LogP contribution in [0.3, 0.4) is 0 Å². The Bertz CT molecular complexity index is 909.